The maximum absolute atomic E-state index is 12.8. The van der Waals surface area contributed by atoms with Gasteiger partial charge in [0.25, 0.3) is 0 Å². The van der Waals surface area contributed by atoms with Crippen LogP contribution in [-0.4, -0.2) is 29.9 Å². The molecule has 0 amide bonds. The van der Waals surface area contributed by atoms with E-state index in [1.165, 1.54) is 12.1 Å². The Balaban J connectivity index is 1.68. The minimum absolute atomic E-state index is 0.0387. The molecule has 0 saturated carbocycles. The van der Waals surface area contributed by atoms with E-state index in [1.54, 1.807) is 12.1 Å². The molecule has 1 aromatic heterocycles. The Morgan fingerprint density at radius 2 is 2.16 bits per heavy atom. The highest BCUT2D eigenvalue weighted by Crippen LogP contribution is 2.15. The van der Waals surface area contributed by atoms with Gasteiger partial charge in [0.2, 0.25) is 5.89 Å². The first-order valence-electron chi connectivity index (χ1n) is 6.19. The molecule has 1 atom stereocenters. The highest BCUT2D eigenvalue weighted by molar-refractivity contribution is 5.19. The van der Waals surface area contributed by atoms with E-state index >= 15 is 0 Å². The fourth-order valence-corrected chi connectivity index (χ4v) is 1.99. The van der Waals surface area contributed by atoms with Gasteiger partial charge in [-0.1, -0.05) is 17.3 Å². The summed E-state index contributed by atoms with van der Waals surface area (Å²) in [5, 5.41) is 7.18. The fourth-order valence-electron chi connectivity index (χ4n) is 1.99. The Kier molecular flexibility index (Phi) is 3.52. The Morgan fingerprint density at radius 1 is 1.32 bits per heavy atom. The number of hydrogen-bond donors (Lipinski definition) is 1. The molecule has 1 aliphatic rings. The van der Waals surface area contributed by atoms with Gasteiger partial charge < -0.3 is 14.6 Å². The molecule has 1 fully saturated rings. The van der Waals surface area contributed by atoms with Gasteiger partial charge in [-0.25, -0.2) is 4.39 Å². The lowest BCUT2D eigenvalue weighted by molar-refractivity contribution is 0.0659. The molecule has 19 heavy (non-hydrogen) atoms. The number of nitrogens with zero attached hydrogens (tertiary/aromatic N) is 2. The van der Waals surface area contributed by atoms with Gasteiger partial charge in [-0.05, 0) is 17.7 Å². The lowest BCUT2D eigenvalue weighted by atomic mass is 10.1. The lowest BCUT2D eigenvalue weighted by Gasteiger charge is -2.20. The molecular weight excluding hydrogens is 249 g/mol. The number of ether oxygens (including phenoxy) is 1. The summed E-state index contributed by atoms with van der Waals surface area (Å²) in [6, 6.07) is 6.24. The van der Waals surface area contributed by atoms with Crippen LogP contribution in [0.1, 0.15) is 23.3 Å². The minimum Gasteiger partial charge on any atom is -0.378 e. The Labute approximate surface area is 109 Å². The summed E-state index contributed by atoms with van der Waals surface area (Å²) in [5.41, 5.74) is 0.946. The summed E-state index contributed by atoms with van der Waals surface area (Å²) in [5.74, 6) is 0.881. The van der Waals surface area contributed by atoms with E-state index in [2.05, 4.69) is 15.5 Å². The summed E-state index contributed by atoms with van der Waals surface area (Å²) in [7, 11) is 0. The molecule has 0 radical (unpaired) electrons. The summed E-state index contributed by atoms with van der Waals surface area (Å²) in [6.07, 6.45) is 0.525. The molecule has 5 nitrogen and oxygen atoms in total. The third kappa shape index (κ3) is 2.97. The second-order valence-corrected chi connectivity index (χ2v) is 4.43. The first-order chi connectivity index (χ1) is 9.31. The van der Waals surface area contributed by atoms with E-state index in [-0.39, 0.29) is 11.9 Å². The number of nitrogens with one attached hydrogen (secondary N) is 1. The second-order valence-electron chi connectivity index (χ2n) is 4.43. The van der Waals surface area contributed by atoms with Crippen LogP contribution in [0.15, 0.2) is 28.8 Å². The maximum Gasteiger partial charge on any atom is 0.246 e. The molecule has 6 heteroatoms. The quantitative estimate of drug-likeness (QED) is 0.908. The van der Waals surface area contributed by atoms with Crippen LogP contribution < -0.4 is 5.32 Å². The predicted octanol–water partition coefficient (Wildman–Crippen LogP) is 1.46. The zero-order valence-electron chi connectivity index (χ0n) is 10.3. The zero-order chi connectivity index (χ0) is 13.1. The molecule has 3 rings (SSSR count). The van der Waals surface area contributed by atoms with Gasteiger partial charge >= 0.3 is 0 Å². The van der Waals surface area contributed by atoms with Crippen molar-refractivity contribution in [1.82, 2.24) is 15.5 Å². The Hall–Kier alpha value is -1.79. The van der Waals surface area contributed by atoms with Crippen LogP contribution in [0.3, 0.4) is 0 Å². The average Bonchev–Trinajstić information content (AvgIpc) is 2.91. The van der Waals surface area contributed by atoms with Gasteiger partial charge in [0, 0.05) is 13.0 Å². The van der Waals surface area contributed by atoms with E-state index in [4.69, 9.17) is 9.26 Å². The van der Waals surface area contributed by atoms with Crippen molar-refractivity contribution in [3.63, 3.8) is 0 Å². The average molecular weight is 263 g/mol. The van der Waals surface area contributed by atoms with Crippen molar-refractivity contribution >= 4 is 0 Å². The Morgan fingerprint density at radius 3 is 2.89 bits per heavy atom. The molecule has 100 valence electrons. The van der Waals surface area contributed by atoms with Crippen molar-refractivity contribution in [3.05, 3.63) is 47.4 Å². The molecule has 0 aliphatic carbocycles. The highest BCUT2D eigenvalue weighted by Gasteiger charge is 2.21. The first-order valence-corrected chi connectivity index (χ1v) is 6.19. The summed E-state index contributed by atoms with van der Waals surface area (Å²) >= 11 is 0. The molecule has 1 aliphatic heterocycles. The van der Waals surface area contributed by atoms with Crippen LogP contribution in [0.2, 0.25) is 0 Å². The summed E-state index contributed by atoms with van der Waals surface area (Å²) < 4.78 is 23.4. The normalized spacial score (nSPS) is 19.5. The molecule has 1 saturated heterocycles. The van der Waals surface area contributed by atoms with Crippen LogP contribution in [-0.2, 0) is 11.2 Å². The first kappa shape index (κ1) is 12.3. The Bertz CT molecular complexity index is 535. The molecule has 1 unspecified atom stereocenters. The molecular formula is C13H14FN3O2. The zero-order valence-corrected chi connectivity index (χ0v) is 10.3. The molecule has 2 aromatic rings. The largest absolute Gasteiger partial charge is 0.378 e. The molecule has 1 N–H and O–H groups in total. The monoisotopic (exact) mass is 263 g/mol. The topological polar surface area (TPSA) is 60.2 Å². The van der Waals surface area contributed by atoms with E-state index < -0.39 is 0 Å². The van der Waals surface area contributed by atoms with E-state index in [0.717, 1.165) is 12.1 Å². The van der Waals surface area contributed by atoms with E-state index in [1.807, 2.05) is 0 Å². The van der Waals surface area contributed by atoms with Crippen LogP contribution in [0.4, 0.5) is 4.39 Å². The standard InChI is InChI=1S/C13H14FN3O2/c14-10-3-1-9(2-4-10)7-12-16-13(19-17-12)11-8-18-6-5-15-11/h1-4,11,15H,5-8H2. The maximum atomic E-state index is 12.8. The van der Waals surface area contributed by atoms with E-state index in [9.17, 15) is 4.39 Å². The lowest BCUT2D eigenvalue weighted by Crippen LogP contribution is -2.34. The van der Waals surface area contributed by atoms with Gasteiger partial charge in [0.15, 0.2) is 5.82 Å². The number of rotatable bonds is 3. The van der Waals surface area contributed by atoms with Crippen molar-refractivity contribution in [2.24, 2.45) is 0 Å². The third-order valence-electron chi connectivity index (χ3n) is 2.98. The van der Waals surface area contributed by atoms with Gasteiger partial charge in [-0.15, -0.1) is 0 Å². The smallest absolute Gasteiger partial charge is 0.246 e. The summed E-state index contributed by atoms with van der Waals surface area (Å²) in [6.45, 7) is 2.02. The van der Waals surface area contributed by atoms with Crippen LogP contribution >= 0.6 is 0 Å². The predicted molar refractivity (Wildman–Crippen MR) is 65.1 cm³/mol. The van der Waals surface area contributed by atoms with Gasteiger partial charge in [-0.2, -0.15) is 4.98 Å². The van der Waals surface area contributed by atoms with Crippen molar-refractivity contribution in [1.29, 1.82) is 0 Å². The molecule has 1 aromatic carbocycles. The molecule has 0 bridgehead atoms. The summed E-state index contributed by atoms with van der Waals surface area (Å²) in [4.78, 5) is 4.34. The fraction of sp³-hybridized carbons (Fsp3) is 0.385. The van der Waals surface area contributed by atoms with Crippen LogP contribution in [0, 0.1) is 5.82 Å². The van der Waals surface area contributed by atoms with Crippen molar-refractivity contribution < 1.29 is 13.7 Å². The van der Waals surface area contributed by atoms with Gasteiger partial charge in [0.1, 0.15) is 11.9 Å². The SMILES string of the molecule is Fc1ccc(Cc2noc(C3COCCN3)n2)cc1. The van der Waals surface area contributed by atoms with Crippen molar-refractivity contribution in [2.45, 2.75) is 12.5 Å². The number of morpholine rings is 1. The third-order valence-corrected chi connectivity index (χ3v) is 2.98. The van der Waals surface area contributed by atoms with Crippen molar-refractivity contribution in [3.8, 4) is 0 Å². The number of halogens is 1. The van der Waals surface area contributed by atoms with Crippen LogP contribution in [0.25, 0.3) is 0 Å². The highest BCUT2D eigenvalue weighted by atomic mass is 19.1. The second kappa shape index (κ2) is 5.46. The number of aromatic nitrogens is 2. The number of hydrogen-bond acceptors (Lipinski definition) is 5. The van der Waals surface area contributed by atoms with Gasteiger partial charge in [-0.3, -0.25) is 0 Å². The van der Waals surface area contributed by atoms with E-state index in [0.29, 0.717) is 31.3 Å². The van der Waals surface area contributed by atoms with Crippen molar-refractivity contribution in [2.75, 3.05) is 19.8 Å². The van der Waals surface area contributed by atoms with Gasteiger partial charge in [0.05, 0.1) is 13.2 Å². The van der Waals surface area contributed by atoms with Crippen LogP contribution in [0.5, 0.6) is 0 Å². The minimum atomic E-state index is -0.249. The molecule has 2 heterocycles. The number of benzene rings is 1. The molecule has 0 spiro atoms.